The van der Waals surface area contributed by atoms with E-state index in [2.05, 4.69) is 5.10 Å². The Balaban J connectivity index is 2.85. The molecule has 0 spiro atoms. The third-order valence-electron chi connectivity index (χ3n) is 3.41. The second kappa shape index (κ2) is 8.61. The topological polar surface area (TPSA) is 60.1 Å². The van der Waals surface area contributed by atoms with E-state index in [0.29, 0.717) is 16.8 Å². The van der Waals surface area contributed by atoms with Crippen molar-refractivity contribution in [2.24, 2.45) is 0 Å². The summed E-state index contributed by atoms with van der Waals surface area (Å²) in [4.78, 5) is -0.666. The molecular weight excluding hydrogens is 471 g/mol. The number of alkyl halides is 6. The van der Waals surface area contributed by atoms with Crippen molar-refractivity contribution in [2.75, 3.05) is 14.2 Å². The first-order valence-electron chi connectivity index (χ1n) is 7.25. The minimum Gasteiger partial charge on any atom is -0.350 e. The highest BCUT2D eigenvalue weighted by Gasteiger charge is 2.38. The van der Waals surface area contributed by atoms with Gasteiger partial charge in [-0.1, -0.05) is 23.2 Å². The Labute approximate surface area is 174 Å². The molecule has 1 aromatic heterocycles. The Morgan fingerprint density at radius 3 is 2.00 bits per heavy atom. The highest BCUT2D eigenvalue weighted by atomic mass is 35.5. The SMILES string of the molecule is COC(OC)c1c(SC(F)(F)F)c(C#N)nn1-c1c(Cl)cc(C(F)(F)F)cc1Cl. The molecule has 0 fully saturated rings. The molecule has 14 heteroatoms. The summed E-state index contributed by atoms with van der Waals surface area (Å²) in [6, 6.07) is 2.56. The molecule has 158 valence electrons. The van der Waals surface area contributed by atoms with Crippen LogP contribution in [0.15, 0.2) is 17.0 Å². The van der Waals surface area contributed by atoms with Gasteiger partial charge in [-0.05, 0) is 23.9 Å². The molecule has 0 unspecified atom stereocenters. The van der Waals surface area contributed by atoms with Gasteiger partial charge in [0, 0.05) is 14.2 Å². The molecule has 0 radical (unpaired) electrons. The molecule has 0 aliphatic carbocycles. The Morgan fingerprint density at radius 1 is 1.10 bits per heavy atom. The van der Waals surface area contributed by atoms with Crippen LogP contribution < -0.4 is 0 Å². The number of nitriles is 1. The normalized spacial score (nSPS) is 12.5. The number of hydrogen-bond acceptors (Lipinski definition) is 5. The summed E-state index contributed by atoms with van der Waals surface area (Å²) in [5.41, 5.74) is -7.45. The highest BCUT2D eigenvalue weighted by Crippen LogP contribution is 2.45. The molecule has 2 rings (SSSR count). The van der Waals surface area contributed by atoms with E-state index < -0.39 is 61.6 Å². The van der Waals surface area contributed by atoms with E-state index in [4.69, 9.17) is 32.7 Å². The van der Waals surface area contributed by atoms with E-state index in [1.54, 1.807) is 0 Å². The summed E-state index contributed by atoms with van der Waals surface area (Å²) in [6.07, 6.45) is -6.24. The second-order valence-corrected chi connectivity index (χ2v) is 7.11. The Morgan fingerprint density at radius 2 is 1.62 bits per heavy atom. The molecule has 1 heterocycles. The number of methoxy groups -OCH3 is 2. The molecule has 0 atom stereocenters. The zero-order chi connectivity index (χ0) is 22.1. The number of rotatable bonds is 5. The number of halogens is 8. The van der Waals surface area contributed by atoms with Crippen LogP contribution in [0, 0.1) is 11.3 Å². The van der Waals surface area contributed by atoms with Crippen LogP contribution in [-0.4, -0.2) is 29.5 Å². The van der Waals surface area contributed by atoms with Crippen molar-refractivity contribution >= 4 is 35.0 Å². The lowest BCUT2D eigenvalue weighted by Crippen LogP contribution is -2.14. The largest absolute Gasteiger partial charge is 0.446 e. The van der Waals surface area contributed by atoms with Crippen LogP contribution in [0.3, 0.4) is 0 Å². The Bertz CT molecular complexity index is 928. The van der Waals surface area contributed by atoms with Crippen LogP contribution in [0.5, 0.6) is 0 Å². The lowest BCUT2D eigenvalue weighted by Gasteiger charge is -2.19. The van der Waals surface area contributed by atoms with Gasteiger partial charge in [0.25, 0.3) is 0 Å². The van der Waals surface area contributed by atoms with Crippen molar-refractivity contribution in [1.82, 2.24) is 9.78 Å². The molecule has 2 aromatic rings. The van der Waals surface area contributed by atoms with Crippen LogP contribution in [0.1, 0.15) is 23.2 Å². The van der Waals surface area contributed by atoms with Gasteiger partial charge in [-0.25, -0.2) is 4.68 Å². The van der Waals surface area contributed by atoms with Gasteiger partial charge in [-0.2, -0.15) is 36.7 Å². The molecule has 5 nitrogen and oxygen atoms in total. The van der Waals surface area contributed by atoms with Gasteiger partial charge in [0.1, 0.15) is 17.5 Å². The molecule has 0 saturated heterocycles. The minimum atomic E-state index is -4.81. The molecule has 0 saturated carbocycles. The molecule has 29 heavy (non-hydrogen) atoms. The first-order chi connectivity index (χ1) is 13.3. The molecule has 1 aromatic carbocycles. The molecule has 0 aliphatic heterocycles. The summed E-state index contributed by atoms with van der Waals surface area (Å²) in [5, 5.41) is 11.8. The van der Waals surface area contributed by atoms with Crippen LogP contribution in [0.25, 0.3) is 5.69 Å². The molecule has 0 aliphatic rings. The number of aromatic nitrogens is 2. The standard InChI is InChI=1S/C15H9Cl2F6N3O2S/c1-27-13(28-2)11-12(29-15(21,22)23)9(5-24)25-26(11)10-7(16)3-6(4-8(10)17)14(18,19)20/h3-4,13H,1-2H3. The fourth-order valence-electron chi connectivity index (χ4n) is 2.33. The van der Waals surface area contributed by atoms with Crippen LogP contribution in [0.2, 0.25) is 10.0 Å². The smallest absolute Gasteiger partial charge is 0.350 e. The number of thioether (sulfide) groups is 1. The van der Waals surface area contributed by atoms with Gasteiger partial charge in [0.2, 0.25) is 6.29 Å². The summed E-state index contributed by atoms with van der Waals surface area (Å²) in [7, 11) is 2.21. The summed E-state index contributed by atoms with van der Waals surface area (Å²) in [5.74, 6) is 0. The van der Waals surface area contributed by atoms with Crippen molar-refractivity contribution in [2.45, 2.75) is 22.9 Å². The van der Waals surface area contributed by atoms with Gasteiger partial charge in [-0.15, -0.1) is 0 Å². The maximum absolute atomic E-state index is 13.0. The predicted molar refractivity (Wildman–Crippen MR) is 92.0 cm³/mol. The fourth-order valence-corrected chi connectivity index (χ4v) is 3.68. The maximum atomic E-state index is 13.0. The number of ether oxygens (including phenoxy) is 2. The zero-order valence-corrected chi connectivity index (χ0v) is 16.7. The quantitative estimate of drug-likeness (QED) is 0.300. The van der Waals surface area contributed by atoms with Crippen molar-refractivity contribution in [1.29, 1.82) is 5.26 Å². The second-order valence-electron chi connectivity index (χ2n) is 5.22. The summed E-state index contributed by atoms with van der Waals surface area (Å²) >= 11 is 11.2. The average molecular weight is 480 g/mol. The molecule has 0 N–H and O–H groups in total. The van der Waals surface area contributed by atoms with Crippen molar-refractivity contribution < 1.29 is 35.8 Å². The average Bonchev–Trinajstić information content (AvgIpc) is 2.91. The fraction of sp³-hybridized carbons (Fsp3) is 0.333. The van der Waals surface area contributed by atoms with E-state index in [1.165, 1.54) is 6.07 Å². The zero-order valence-electron chi connectivity index (χ0n) is 14.3. The van der Waals surface area contributed by atoms with Gasteiger partial charge < -0.3 is 9.47 Å². The summed E-state index contributed by atoms with van der Waals surface area (Å²) < 4.78 is 88.6. The van der Waals surface area contributed by atoms with Gasteiger partial charge in [0.05, 0.1) is 20.5 Å². The number of benzene rings is 1. The van der Waals surface area contributed by atoms with E-state index in [0.717, 1.165) is 14.2 Å². The monoisotopic (exact) mass is 479 g/mol. The first-order valence-corrected chi connectivity index (χ1v) is 8.82. The third kappa shape index (κ3) is 5.10. The van der Waals surface area contributed by atoms with E-state index in [-0.39, 0.29) is 5.69 Å². The first kappa shape index (κ1) is 23.6. The van der Waals surface area contributed by atoms with Gasteiger partial charge in [0.15, 0.2) is 5.69 Å². The van der Waals surface area contributed by atoms with Crippen LogP contribution in [-0.2, 0) is 15.7 Å². The number of hydrogen-bond donors (Lipinski definition) is 0. The molecule has 0 amide bonds. The van der Waals surface area contributed by atoms with E-state index in [9.17, 15) is 31.6 Å². The van der Waals surface area contributed by atoms with Crippen LogP contribution >= 0.6 is 35.0 Å². The minimum absolute atomic E-state index is 0.374. The predicted octanol–water partition coefficient (Wildman–Crippen LogP) is 5.97. The highest BCUT2D eigenvalue weighted by molar-refractivity contribution is 8.00. The molecular formula is C15H9Cl2F6N3O2S. The lowest BCUT2D eigenvalue weighted by atomic mass is 10.2. The summed E-state index contributed by atoms with van der Waals surface area (Å²) in [6.45, 7) is 0. The van der Waals surface area contributed by atoms with E-state index in [1.807, 2.05) is 0 Å². The van der Waals surface area contributed by atoms with Crippen molar-refractivity contribution in [3.05, 3.63) is 39.1 Å². The Kier molecular flexibility index (Phi) is 7.01. The number of nitrogens with zero attached hydrogens (tertiary/aromatic N) is 3. The third-order valence-corrected chi connectivity index (χ3v) is 4.82. The lowest BCUT2D eigenvalue weighted by molar-refractivity contribution is -0.137. The van der Waals surface area contributed by atoms with Crippen LogP contribution in [0.4, 0.5) is 26.3 Å². The van der Waals surface area contributed by atoms with Gasteiger partial charge in [-0.3, -0.25) is 0 Å². The maximum Gasteiger partial charge on any atom is 0.446 e. The van der Waals surface area contributed by atoms with Crippen molar-refractivity contribution in [3.63, 3.8) is 0 Å². The van der Waals surface area contributed by atoms with Gasteiger partial charge >= 0.3 is 11.7 Å². The Hall–Kier alpha value is -1.65. The van der Waals surface area contributed by atoms with E-state index >= 15 is 0 Å². The molecule has 0 bridgehead atoms. The van der Waals surface area contributed by atoms with Crippen molar-refractivity contribution in [3.8, 4) is 11.8 Å².